The van der Waals surface area contributed by atoms with Crippen LogP contribution in [-0.2, 0) is 4.74 Å². The van der Waals surface area contributed by atoms with Crippen molar-refractivity contribution in [3.8, 4) is 17.2 Å². The van der Waals surface area contributed by atoms with Crippen molar-refractivity contribution in [3.05, 3.63) is 63.7 Å². The Kier molecular flexibility index (Phi) is 5.36. The molecular formula is C27H27NO7. The molecule has 1 heterocycles. The maximum atomic E-state index is 13.6. The van der Waals surface area contributed by atoms with E-state index in [4.69, 9.17) is 4.74 Å². The number of carbonyl (C=O) groups is 2. The number of aliphatic hydroxyl groups excluding tert-OH is 1. The minimum atomic E-state index is -0.711. The van der Waals surface area contributed by atoms with Gasteiger partial charge in [0.1, 0.15) is 17.2 Å². The second-order valence-corrected chi connectivity index (χ2v) is 9.64. The first-order valence-electron chi connectivity index (χ1n) is 11.5. The number of benzene rings is 3. The lowest BCUT2D eigenvalue weighted by Crippen LogP contribution is -2.50. The molecule has 0 spiro atoms. The summed E-state index contributed by atoms with van der Waals surface area (Å²) >= 11 is 0. The summed E-state index contributed by atoms with van der Waals surface area (Å²) in [6, 6.07) is 7.08. The highest BCUT2D eigenvalue weighted by atomic mass is 16.5. The molecule has 35 heavy (non-hydrogen) atoms. The van der Waals surface area contributed by atoms with Crippen molar-refractivity contribution < 1.29 is 34.8 Å². The smallest absolute Gasteiger partial charge is 0.201 e. The third-order valence-corrected chi connectivity index (χ3v) is 7.29. The molecule has 2 aliphatic rings. The van der Waals surface area contributed by atoms with Crippen LogP contribution >= 0.6 is 0 Å². The van der Waals surface area contributed by atoms with Gasteiger partial charge in [0, 0.05) is 28.1 Å². The molecule has 0 saturated carbocycles. The first-order valence-corrected chi connectivity index (χ1v) is 11.5. The number of rotatable bonds is 2. The van der Waals surface area contributed by atoms with E-state index in [-0.39, 0.29) is 45.2 Å². The average molecular weight is 478 g/mol. The zero-order valence-electron chi connectivity index (χ0n) is 19.9. The number of likely N-dealkylation sites (N-methyl/N-ethyl adjacent to an activating group) is 1. The van der Waals surface area contributed by atoms with Crippen LogP contribution in [-0.4, -0.2) is 69.2 Å². The lowest BCUT2D eigenvalue weighted by atomic mass is 9.79. The third kappa shape index (κ3) is 3.32. The van der Waals surface area contributed by atoms with E-state index in [0.29, 0.717) is 22.9 Å². The van der Waals surface area contributed by atoms with Crippen LogP contribution in [0.25, 0.3) is 10.8 Å². The molecule has 8 heteroatoms. The summed E-state index contributed by atoms with van der Waals surface area (Å²) in [5.74, 6) is -2.21. The lowest BCUT2D eigenvalue weighted by molar-refractivity contribution is -0.142. The third-order valence-electron chi connectivity index (χ3n) is 7.29. The second-order valence-electron chi connectivity index (χ2n) is 9.64. The summed E-state index contributed by atoms with van der Waals surface area (Å²) in [5, 5.41) is 43.7. The molecular weight excluding hydrogens is 450 g/mol. The summed E-state index contributed by atoms with van der Waals surface area (Å²) in [6.45, 7) is 3.57. The van der Waals surface area contributed by atoms with Crippen molar-refractivity contribution >= 4 is 22.3 Å². The van der Waals surface area contributed by atoms with Gasteiger partial charge in [0.15, 0.2) is 5.78 Å². The molecule has 0 radical (unpaired) electrons. The Labute approximate surface area is 202 Å². The van der Waals surface area contributed by atoms with Gasteiger partial charge in [-0.2, -0.15) is 0 Å². The van der Waals surface area contributed by atoms with E-state index in [0.717, 1.165) is 0 Å². The van der Waals surface area contributed by atoms with Crippen LogP contribution in [0, 0.1) is 6.92 Å². The standard InChI is InChI=1S/C27H27NO7/c1-11-8-13-9-17(30)22-23(25(32)14-6-5-7-16(29)21(14)27(22)34)20(13)26(33)19(11)18-10-15(28(3)4)24(31)12(2)35-18/h5-9,12,15,18,24,29-31,33H,10H2,1-4H3/t12-,15+,18-,24-/m1/s1. The number of ether oxygens (including phenoxy) is 1. The Balaban J connectivity index is 1.77. The van der Waals surface area contributed by atoms with Crippen molar-refractivity contribution in [2.75, 3.05) is 14.1 Å². The maximum absolute atomic E-state index is 13.6. The van der Waals surface area contributed by atoms with Crippen LogP contribution in [0.4, 0.5) is 0 Å². The van der Waals surface area contributed by atoms with Crippen LogP contribution in [0.5, 0.6) is 17.2 Å². The number of aromatic hydroxyl groups is 3. The molecule has 0 bridgehead atoms. The molecule has 182 valence electrons. The Morgan fingerprint density at radius 3 is 2.37 bits per heavy atom. The molecule has 4 atom stereocenters. The highest BCUT2D eigenvalue weighted by molar-refractivity contribution is 6.34. The zero-order valence-corrected chi connectivity index (χ0v) is 19.9. The summed E-state index contributed by atoms with van der Waals surface area (Å²) in [5.41, 5.74) is 0.648. The number of ketones is 2. The van der Waals surface area contributed by atoms with Crippen LogP contribution in [0.2, 0.25) is 0 Å². The number of aryl methyl sites for hydroxylation is 1. The van der Waals surface area contributed by atoms with Gasteiger partial charge >= 0.3 is 0 Å². The molecule has 0 aromatic heterocycles. The Hall–Kier alpha value is -3.46. The molecule has 1 saturated heterocycles. The van der Waals surface area contributed by atoms with E-state index >= 15 is 0 Å². The SMILES string of the molecule is Cc1cc2cc(O)c3c(c2c(O)c1[C@H]1C[C@H](N(C)C)[C@H](O)[C@@H](C)O1)C(=O)c1cccc(O)c1C3=O. The van der Waals surface area contributed by atoms with Gasteiger partial charge in [-0.1, -0.05) is 18.2 Å². The number of phenols is 3. The monoisotopic (exact) mass is 477 g/mol. The number of hydrogen-bond donors (Lipinski definition) is 4. The summed E-state index contributed by atoms with van der Waals surface area (Å²) < 4.78 is 6.09. The topological polar surface area (TPSA) is 128 Å². The fourth-order valence-corrected chi connectivity index (χ4v) is 5.55. The van der Waals surface area contributed by atoms with Crippen molar-refractivity contribution in [2.45, 2.75) is 44.6 Å². The second kappa shape index (κ2) is 8.05. The molecule has 3 aromatic carbocycles. The number of phenolic OH excluding ortho intramolecular Hbond substituents is 3. The van der Waals surface area contributed by atoms with Crippen molar-refractivity contribution in [1.29, 1.82) is 0 Å². The number of nitrogens with zero attached hydrogens (tertiary/aromatic N) is 1. The van der Waals surface area contributed by atoms with E-state index in [2.05, 4.69) is 0 Å². The molecule has 3 aromatic rings. The Morgan fingerprint density at radius 2 is 1.69 bits per heavy atom. The van der Waals surface area contributed by atoms with Gasteiger partial charge in [0.05, 0.1) is 29.4 Å². The lowest BCUT2D eigenvalue weighted by Gasteiger charge is -2.41. The summed E-state index contributed by atoms with van der Waals surface area (Å²) in [4.78, 5) is 28.8. The predicted molar refractivity (Wildman–Crippen MR) is 128 cm³/mol. The molecule has 1 fully saturated rings. The van der Waals surface area contributed by atoms with E-state index in [1.807, 2.05) is 19.0 Å². The zero-order chi connectivity index (χ0) is 25.3. The Morgan fingerprint density at radius 1 is 0.971 bits per heavy atom. The van der Waals surface area contributed by atoms with E-state index in [9.17, 15) is 30.0 Å². The van der Waals surface area contributed by atoms with Gasteiger partial charge in [0.25, 0.3) is 0 Å². The molecule has 1 aliphatic carbocycles. The maximum Gasteiger partial charge on any atom is 0.201 e. The molecule has 0 amide bonds. The van der Waals surface area contributed by atoms with Crippen molar-refractivity contribution in [2.24, 2.45) is 0 Å². The number of aliphatic hydroxyl groups is 1. The minimum absolute atomic E-state index is 0.00857. The van der Waals surface area contributed by atoms with E-state index < -0.39 is 35.6 Å². The average Bonchev–Trinajstić information content (AvgIpc) is 2.78. The quantitative estimate of drug-likeness (QED) is 0.347. The van der Waals surface area contributed by atoms with Gasteiger partial charge in [-0.25, -0.2) is 0 Å². The fraction of sp³-hybridized carbons (Fsp3) is 0.333. The predicted octanol–water partition coefficient (Wildman–Crippen LogP) is 3.18. The van der Waals surface area contributed by atoms with Gasteiger partial charge in [-0.05, 0) is 57.4 Å². The van der Waals surface area contributed by atoms with Crippen molar-refractivity contribution in [1.82, 2.24) is 4.90 Å². The van der Waals surface area contributed by atoms with Gasteiger partial charge in [0.2, 0.25) is 5.78 Å². The largest absolute Gasteiger partial charge is 0.507 e. The number of fused-ring (bicyclic) bond motifs is 4. The molecule has 5 rings (SSSR count). The molecule has 8 nitrogen and oxygen atoms in total. The van der Waals surface area contributed by atoms with Crippen LogP contribution in [0.15, 0.2) is 30.3 Å². The van der Waals surface area contributed by atoms with E-state index in [1.54, 1.807) is 19.9 Å². The fourth-order valence-electron chi connectivity index (χ4n) is 5.55. The van der Waals surface area contributed by atoms with Crippen molar-refractivity contribution in [3.63, 3.8) is 0 Å². The van der Waals surface area contributed by atoms with Gasteiger partial charge in [-0.15, -0.1) is 0 Å². The van der Waals surface area contributed by atoms with E-state index in [1.165, 1.54) is 24.3 Å². The molecule has 1 aliphatic heterocycles. The first-order chi connectivity index (χ1) is 16.5. The Bertz CT molecular complexity index is 1410. The number of carbonyl (C=O) groups excluding carboxylic acids is 2. The van der Waals surface area contributed by atoms with Crippen LogP contribution in [0.3, 0.4) is 0 Å². The first kappa shape index (κ1) is 23.3. The summed E-state index contributed by atoms with van der Waals surface area (Å²) in [6.07, 6.45) is -1.37. The molecule has 0 unspecified atom stereocenters. The van der Waals surface area contributed by atoms with Gasteiger partial charge in [-0.3, -0.25) is 9.59 Å². The highest BCUT2D eigenvalue weighted by Gasteiger charge is 2.40. The highest BCUT2D eigenvalue weighted by Crippen LogP contribution is 2.47. The van der Waals surface area contributed by atoms with Crippen LogP contribution in [0.1, 0.15) is 62.4 Å². The normalized spacial score (nSPS) is 24.1. The van der Waals surface area contributed by atoms with Gasteiger partial charge < -0.3 is 30.1 Å². The molecule has 4 N–H and O–H groups in total. The number of hydrogen-bond acceptors (Lipinski definition) is 8. The minimum Gasteiger partial charge on any atom is -0.507 e. The summed E-state index contributed by atoms with van der Waals surface area (Å²) in [7, 11) is 3.73. The van der Waals surface area contributed by atoms with Crippen LogP contribution < -0.4 is 0 Å².